The third kappa shape index (κ3) is 1.26. The zero-order chi connectivity index (χ0) is 9.14. The van der Waals surface area contributed by atoms with Crippen molar-refractivity contribution in [3.05, 3.63) is 28.2 Å². The molecule has 64 valence electrons. The Hall–Kier alpha value is -1.85. The smallest absolute Gasteiger partial charge is 0.341 e. The molecule has 1 aromatic rings. The van der Waals surface area contributed by atoms with E-state index in [2.05, 4.69) is 10.5 Å². The maximum atomic E-state index is 11.1. The average molecular weight is 169 g/mol. The van der Waals surface area contributed by atoms with Gasteiger partial charge in [0, 0.05) is 7.05 Å². The van der Waals surface area contributed by atoms with E-state index >= 15 is 0 Å². The topological polar surface area (TPSA) is 84.2 Å². The van der Waals surface area contributed by atoms with E-state index in [1.54, 1.807) is 0 Å². The van der Waals surface area contributed by atoms with E-state index in [1.807, 2.05) is 0 Å². The largest absolute Gasteiger partial charge is 0.477 e. The summed E-state index contributed by atoms with van der Waals surface area (Å²) in [7, 11) is 1.47. The molecule has 0 radical (unpaired) electrons. The predicted octanol–water partition coefficient (Wildman–Crippen LogP) is -0.885. The molecular formula is C6H7N3O3. The lowest BCUT2D eigenvalue weighted by atomic mass is 10.3. The quantitative estimate of drug-likeness (QED) is 0.600. The van der Waals surface area contributed by atoms with Gasteiger partial charge in [-0.25, -0.2) is 4.79 Å². The van der Waals surface area contributed by atoms with Crippen LogP contribution < -0.4 is 11.0 Å². The fourth-order valence-electron chi connectivity index (χ4n) is 0.734. The van der Waals surface area contributed by atoms with Crippen molar-refractivity contribution in [2.75, 3.05) is 12.5 Å². The minimum atomic E-state index is -1.26. The Labute approximate surface area is 67.4 Å². The molecule has 0 fully saturated rings. The number of carboxylic acid groups (broad SMARTS) is 1. The van der Waals surface area contributed by atoms with Crippen LogP contribution in [0.3, 0.4) is 0 Å². The summed E-state index contributed by atoms with van der Waals surface area (Å²) in [5, 5.41) is 12.1. The number of carbonyl (C=O) groups is 1. The number of nitrogens with one attached hydrogen (secondary N) is 1. The van der Waals surface area contributed by atoms with Crippen LogP contribution in [-0.2, 0) is 0 Å². The van der Waals surface area contributed by atoms with Crippen LogP contribution >= 0.6 is 0 Å². The molecular weight excluding hydrogens is 162 g/mol. The Morgan fingerprint density at radius 1 is 1.75 bits per heavy atom. The first kappa shape index (κ1) is 8.25. The summed E-state index contributed by atoms with van der Waals surface area (Å²) in [6.45, 7) is 0. The van der Waals surface area contributed by atoms with Crippen molar-refractivity contribution >= 4 is 5.97 Å². The van der Waals surface area contributed by atoms with Crippen molar-refractivity contribution in [2.24, 2.45) is 0 Å². The van der Waals surface area contributed by atoms with Crippen LogP contribution in [0.5, 0.6) is 0 Å². The zero-order valence-electron chi connectivity index (χ0n) is 6.31. The average Bonchev–Trinajstić information content (AvgIpc) is 2.04. The van der Waals surface area contributed by atoms with Crippen LogP contribution in [0.2, 0.25) is 0 Å². The Kier molecular flexibility index (Phi) is 2.09. The van der Waals surface area contributed by atoms with Crippen LogP contribution in [0.25, 0.3) is 0 Å². The molecule has 0 amide bonds. The van der Waals surface area contributed by atoms with E-state index in [4.69, 9.17) is 5.11 Å². The molecule has 6 heteroatoms. The standard InChI is InChI=1S/C6H7N3O3/c1-7-9-5(10)4(6(11)12)2-3-8-9/h2-3,7H,1H3,(H,11,12). The van der Waals surface area contributed by atoms with Gasteiger partial charge in [-0.15, -0.1) is 4.79 Å². The van der Waals surface area contributed by atoms with Gasteiger partial charge in [-0.05, 0) is 6.07 Å². The minimum absolute atomic E-state index is 0.306. The summed E-state index contributed by atoms with van der Waals surface area (Å²) in [6, 6.07) is 1.15. The summed E-state index contributed by atoms with van der Waals surface area (Å²) in [4.78, 5) is 22.4. The summed E-state index contributed by atoms with van der Waals surface area (Å²) in [6.07, 6.45) is 1.24. The first-order valence-corrected chi connectivity index (χ1v) is 3.16. The van der Waals surface area contributed by atoms with Gasteiger partial charge in [0.1, 0.15) is 5.56 Å². The number of rotatable bonds is 2. The summed E-state index contributed by atoms with van der Waals surface area (Å²) in [5.74, 6) is -1.26. The van der Waals surface area contributed by atoms with E-state index in [9.17, 15) is 9.59 Å². The molecule has 1 aromatic heterocycles. The Morgan fingerprint density at radius 3 is 2.92 bits per heavy atom. The van der Waals surface area contributed by atoms with E-state index in [0.29, 0.717) is 0 Å². The van der Waals surface area contributed by atoms with Gasteiger partial charge in [0.05, 0.1) is 6.20 Å². The highest BCUT2D eigenvalue weighted by molar-refractivity contribution is 5.86. The third-order valence-corrected chi connectivity index (χ3v) is 1.29. The normalized spacial score (nSPS) is 9.42. The number of aromatic nitrogens is 2. The van der Waals surface area contributed by atoms with Crippen molar-refractivity contribution in [2.45, 2.75) is 0 Å². The van der Waals surface area contributed by atoms with Gasteiger partial charge in [-0.2, -0.15) is 5.10 Å². The van der Waals surface area contributed by atoms with E-state index in [-0.39, 0.29) is 5.56 Å². The maximum Gasteiger partial charge on any atom is 0.341 e. The summed E-state index contributed by atoms with van der Waals surface area (Å²) in [5.41, 5.74) is 1.44. The fourth-order valence-corrected chi connectivity index (χ4v) is 0.734. The SMILES string of the molecule is CNn1nccc(C(=O)O)c1=O. The van der Waals surface area contributed by atoms with Gasteiger partial charge in [0.15, 0.2) is 0 Å². The Bertz CT molecular complexity index is 357. The Morgan fingerprint density at radius 2 is 2.42 bits per heavy atom. The molecule has 0 unspecified atom stereocenters. The summed E-state index contributed by atoms with van der Waals surface area (Å²) >= 11 is 0. The highest BCUT2D eigenvalue weighted by Crippen LogP contribution is 1.86. The molecule has 0 bridgehead atoms. The first-order valence-electron chi connectivity index (χ1n) is 3.16. The second kappa shape index (κ2) is 3.04. The van der Waals surface area contributed by atoms with Crippen LogP contribution in [0.4, 0.5) is 0 Å². The van der Waals surface area contributed by atoms with Gasteiger partial charge < -0.3 is 10.5 Å². The molecule has 0 spiro atoms. The lowest BCUT2D eigenvalue weighted by Crippen LogP contribution is -2.32. The highest BCUT2D eigenvalue weighted by Gasteiger charge is 2.09. The van der Waals surface area contributed by atoms with Gasteiger partial charge in [-0.1, -0.05) is 0 Å². The van der Waals surface area contributed by atoms with E-state index in [0.717, 1.165) is 10.9 Å². The molecule has 0 aromatic carbocycles. The minimum Gasteiger partial charge on any atom is -0.477 e. The molecule has 2 N–H and O–H groups in total. The fraction of sp³-hybridized carbons (Fsp3) is 0.167. The van der Waals surface area contributed by atoms with Crippen LogP contribution in [-0.4, -0.2) is 28.0 Å². The molecule has 6 nitrogen and oxygen atoms in total. The third-order valence-electron chi connectivity index (χ3n) is 1.29. The molecule has 1 heterocycles. The molecule has 0 saturated heterocycles. The van der Waals surface area contributed by atoms with Crippen LogP contribution in [0.1, 0.15) is 10.4 Å². The van der Waals surface area contributed by atoms with Crippen molar-refractivity contribution < 1.29 is 9.90 Å². The van der Waals surface area contributed by atoms with Crippen molar-refractivity contribution in [3.8, 4) is 0 Å². The molecule has 0 atom stereocenters. The van der Waals surface area contributed by atoms with Crippen molar-refractivity contribution in [1.82, 2.24) is 9.89 Å². The van der Waals surface area contributed by atoms with Gasteiger partial charge in [0.2, 0.25) is 0 Å². The van der Waals surface area contributed by atoms with Crippen LogP contribution in [0, 0.1) is 0 Å². The lowest BCUT2D eigenvalue weighted by Gasteiger charge is -2.01. The zero-order valence-corrected chi connectivity index (χ0v) is 6.31. The molecule has 12 heavy (non-hydrogen) atoms. The first-order chi connectivity index (χ1) is 5.66. The lowest BCUT2D eigenvalue weighted by molar-refractivity contribution is 0.0694. The summed E-state index contributed by atoms with van der Waals surface area (Å²) < 4.78 is 0. The second-order valence-corrected chi connectivity index (χ2v) is 1.99. The van der Waals surface area contributed by atoms with Crippen molar-refractivity contribution in [3.63, 3.8) is 0 Å². The number of aromatic carboxylic acids is 1. The predicted molar refractivity (Wildman–Crippen MR) is 40.7 cm³/mol. The second-order valence-electron chi connectivity index (χ2n) is 1.99. The van der Waals surface area contributed by atoms with E-state index < -0.39 is 11.5 Å². The number of nitrogens with zero attached hydrogens (tertiary/aromatic N) is 2. The number of hydrogen-bond acceptors (Lipinski definition) is 4. The number of carboxylic acids is 1. The van der Waals surface area contributed by atoms with Gasteiger partial charge >= 0.3 is 11.5 Å². The maximum absolute atomic E-state index is 11.1. The van der Waals surface area contributed by atoms with E-state index in [1.165, 1.54) is 13.2 Å². The monoisotopic (exact) mass is 169 g/mol. The van der Waals surface area contributed by atoms with Gasteiger partial charge in [0.25, 0.3) is 0 Å². The van der Waals surface area contributed by atoms with Crippen molar-refractivity contribution in [1.29, 1.82) is 0 Å². The van der Waals surface area contributed by atoms with Crippen LogP contribution in [0.15, 0.2) is 17.1 Å². The van der Waals surface area contributed by atoms with Gasteiger partial charge in [-0.3, -0.25) is 4.79 Å². The molecule has 0 aliphatic carbocycles. The number of hydrogen-bond donors (Lipinski definition) is 2. The Balaban J connectivity index is 3.33. The highest BCUT2D eigenvalue weighted by atomic mass is 16.4. The molecule has 0 aliphatic heterocycles. The molecule has 1 rings (SSSR count). The molecule has 0 saturated carbocycles. The molecule has 0 aliphatic rings.